The minimum atomic E-state index is -0.465. The maximum atomic E-state index is 14.1. The maximum absolute atomic E-state index is 14.1. The van der Waals surface area contributed by atoms with Gasteiger partial charge in [-0.25, -0.2) is 0 Å². The van der Waals surface area contributed by atoms with E-state index in [0.29, 0.717) is 36.6 Å². The predicted octanol–water partition coefficient (Wildman–Crippen LogP) is 5.98. The molecule has 0 radical (unpaired) electrons. The van der Waals surface area contributed by atoms with Crippen molar-refractivity contribution in [2.24, 2.45) is 22.7 Å². The zero-order valence-corrected chi connectivity index (χ0v) is 25.8. The van der Waals surface area contributed by atoms with Crippen molar-refractivity contribution in [3.63, 3.8) is 0 Å². The number of benzene rings is 1. The Kier molecular flexibility index (Phi) is 8.76. The Hall–Kier alpha value is -2.08. The van der Waals surface area contributed by atoms with Gasteiger partial charge in [-0.05, 0) is 55.2 Å². The Labute approximate surface area is 240 Å². The van der Waals surface area contributed by atoms with E-state index in [9.17, 15) is 14.4 Å². The van der Waals surface area contributed by atoms with Gasteiger partial charge in [-0.2, -0.15) is 0 Å². The van der Waals surface area contributed by atoms with Crippen molar-refractivity contribution < 1.29 is 14.4 Å². The van der Waals surface area contributed by atoms with Gasteiger partial charge >= 0.3 is 0 Å². The van der Waals surface area contributed by atoms with E-state index < -0.39 is 5.41 Å². The molecule has 216 valence electrons. The van der Waals surface area contributed by atoms with Crippen LogP contribution in [0.25, 0.3) is 0 Å². The van der Waals surface area contributed by atoms with Crippen molar-refractivity contribution in [2.75, 3.05) is 26.2 Å². The van der Waals surface area contributed by atoms with Gasteiger partial charge in [0.05, 0.1) is 12.0 Å². The van der Waals surface area contributed by atoms with E-state index in [0.717, 1.165) is 37.7 Å². The van der Waals surface area contributed by atoms with E-state index in [1.165, 1.54) is 0 Å². The molecule has 0 bridgehead atoms. The second-order valence-electron chi connectivity index (χ2n) is 14.2. The summed E-state index contributed by atoms with van der Waals surface area (Å²) < 4.78 is 0. The van der Waals surface area contributed by atoms with E-state index in [-0.39, 0.29) is 47.6 Å². The van der Waals surface area contributed by atoms with Crippen LogP contribution in [0.5, 0.6) is 0 Å². The van der Waals surface area contributed by atoms with Crippen LogP contribution in [0.4, 0.5) is 0 Å². The normalized spacial score (nSPS) is 25.8. The zero-order chi connectivity index (χ0) is 28.7. The lowest BCUT2D eigenvalue weighted by Crippen LogP contribution is -2.54. The third-order valence-electron chi connectivity index (χ3n) is 9.19. The molecule has 3 amide bonds. The number of hydrogen-bond acceptors (Lipinski definition) is 3. The summed E-state index contributed by atoms with van der Waals surface area (Å²) in [6.45, 7) is 16.7. The number of rotatable bonds is 5. The lowest BCUT2D eigenvalue weighted by Gasteiger charge is -2.45. The van der Waals surface area contributed by atoms with Crippen molar-refractivity contribution in [3.8, 4) is 0 Å². The first-order chi connectivity index (χ1) is 18.2. The molecule has 4 rings (SSSR count). The largest absolute Gasteiger partial charge is 0.341 e. The summed E-state index contributed by atoms with van der Waals surface area (Å²) in [5.41, 5.74) is 0.901. The Morgan fingerprint density at radius 2 is 1.54 bits per heavy atom. The predicted molar refractivity (Wildman–Crippen MR) is 156 cm³/mol. The minimum absolute atomic E-state index is 0.0377. The Morgan fingerprint density at radius 1 is 0.923 bits per heavy atom. The SMILES string of the molecule is CC(C)C(=O)N1C[C@@H](C(=O)N2CCC(N(C(=O)C(C)(C)C)C3CCC(C)(C)CC3)C2)[C@H](c2ccc(Cl)cc2)C1. The third kappa shape index (κ3) is 6.64. The highest BCUT2D eigenvalue weighted by Gasteiger charge is 2.46. The summed E-state index contributed by atoms with van der Waals surface area (Å²) in [5.74, 6) is -0.0899. The summed E-state index contributed by atoms with van der Waals surface area (Å²) in [6.07, 6.45) is 5.08. The van der Waals surface area contributed by atoms with Gasteiger partial charge in [0.25, 0.3) is 0 Å². The van der Waals surface area contributed by atoms with E-state index in [2.05, 4.69) is 18.7 Å². The van der Waals surface area contributed by atoms with Crippen LogP contribution >= 0.6 is 11.6 Å². The monoisotopic (exact) mass is 557 g/mol. The standard InChI is InChI=1S/C32H48ClN3O3/c1-21(2)28(37)35-19-26(22-8-10-23(33)11-9-22)27(20-35)29(38)34-17-14-25(18-34)36(30(39)31(3,4)5)24-12-15-32(6,7)16-13-24/h8-11,21,24-27H,12-20H2,1-7H3/t25?,26-,27+/m0/s1. The fourth-order valence-corrected chi connectivity index (χ4v) is 6.86. The Bertz CT molecular complexity index is 1050. The second-order valence-corrected chi connectivity index (χ2v) is 14.7. The van der Waals surface area contributed by atoms with Crippen molar-refractivity contribution in [2.45, 2.75) is 98.6 Å². The van der Waals surface area contributed by atoms with Gasteiger partial charge in [-0.15, -0.1) is 0 Å². The lowest BCUT2D eigenvalue weighted by molar-refractivity contribution is -0.147. The highest BCUT2D eigenvalue weighted by Crippen LogP contribution is 2.40. The van der Waals surface area contributed by atoms with Crippen LogP contribution in [0.2, 0.25) is 5.02 Å². The summed E-state index contributed by atoms with van der Waals surface area (Å²) in [6, 6.07) is 7.96. The number of likely N-dealkylation sites (tertiary alicyclic amines) is 2. The first-order valence-corrected chi connectivity index (χ1v) is 15.2. The van der Waals surface area contributed by atoms with Crippen molar-refractivity contribution in [3.05, 3.63) is 34.9 Å². The van der Waals surface area contributed by atoms with Crippen LogP contribution < -0.4 is 0 Å². The van der Waals surface area contributed by atoms with Gasteiger partial charge in [-0.3, -0.25) is 14.4 Å². The highest BCUT2D eigenvalue weighted by atomic mass is 35.5. The highest BCUT2D eigenvalue weighted by molar-refractivity contribution is 6.30. The number of amides is 3. The molecule has 2 aliphatic heterocycles. The van der Waals surface area contributed by atoms with Gasteiger partial charge in [0.2, 0.25) is 17.7 Å². The van der Waals surface area contributed by atoms with Crippen LogP contribution in [0.1, 0.15) is 92.1 Å². The molecular weight excluding hydrogens is 510 g/mol. The number of nitrogens with zero attached hydrogens (tertiary/aromatic N) is 3. The molecule has 0 N–H and O–H groups in total. The molecule has 1 aliphatic carbocycles. The zero-order valence-electron chi connectivity index (χ0n) is 25.0. The first kappa shape index (κ1) is 29.9. The summed E-state index contributed by atoms with van der Waals surface area (Å²) in [7, 11) is 0. The molecule has 0 spiro atoms. The van der Waals surface area contributed by atoms with Crippen molar-refractivity contribution >= 4 is 29.3 Å². The molecule has 2 saturated heterocycles. The topological polar surface area (TPSA) is 60.9 Å². The number of carbonyl (C=O) groups is 3. The van der Waals surface area contributed by atoms with Gasteiger partial charge in [-0.1, -0.05) is 72.2 Å². The van der Waals surface area contributed by atoms with E-state index >= 15 is 0 Å². The van der Waals surface area contributed by atoms with E-state index in [4.69, 9.17) is 11.6 Å². The fourth-order valence-electron chi connectivity index (χ4n) is 6.73. The lowest BCUT2D eigenvalue weighted by atomic mass is 9.74. The molecule has 2 heterocycles. The van der Waals surface area contributed by atoms with Crippen LogP contribution in [-0.2, 0) is 14.4 Å². The summed E-state index contributed by atoms with van der Waals surface area (Å²) in [4.78, 5) is 46.8. The van der Waals surface area contributed by atoms with Crippen molar-refractivity contribution in [1.82, 2.24) is 14.7 Å². The molecule has 1 aromatic carbocycles. The molecule has 1 aromatic rings. The van der Waals surface area contributed by atoms with E-state index in [1.807, 2.05) is 68.7 Å². The van der Waals surface area contributed by atoms with Gasteiger partial charge in [0, 0.05) is 54.5 Å². The molecule has 1 unspecified atom stereocenters. The molecule has 3 aliphatic rings. The molecule has 0 aromatic heterocycles. The van der Waals surface area contributed by atoms with Gasteiger partial charge < -0.3 is 14.7 Å². The van der Waals surface area contributed by atoms with E-state index in [1.54, 1.807) is 0 Å². The Morgan fingerprint density at radius 3 is 2.10 bits per heavy atom. The quantitative estimate of drug-likeness (QED) is 0.447. The molecule has 3 atom stereocenters. The number of carbonyl (C=O) groups excluding carboxylic acids is 3. The first-order valence-electron chi connectivity index (χ1n) is 14.8. The van der Waals surface area contributed by atoms with Crippen LogP contribution in [0.3, 0.4) is 0 Å². The number of halogens is 1. The molecule has 6 nitrogen and oxygen atoms in total. The summed E-state index contributed by atoms with van der Waals surface area (Å²) >= 11 is 6.15. The van der Waals surface area contributed by atoms with Crippen LogP contribution in [0.15, 0.2) is 24.3 Å². The molecule has 1 saturated carbocycles. The maximum Gasteiger partial charge on any atom is 0.228 e. The fraction of sp³-hybridized carbons (Fsp3) is 0.719. The second kappa shape index (κ2) is 11.4. The smallest absolute Gasteiger partial charge is 0.228 e. The third-order valence-corrected chi connectivity index (χ3v) is 9.44. The minimum Gasteiger partial charge on any atom is -0.341 e. The van der Waals surface area contributed by atoms with Gasteiger partial charge in [0.1, 0.15) is 0 Å². The Balaban J connectivity index is 1.54. The molecular formula is C32H48ClN3O3. The van der Waals surface area contributed by atoms with Crippen molar-refractivity contribution in [1.29, 1.82) is 0 Å². The number of hydrogen-bond donors (Lipinski definition) is 0. The molecule has 7 heteroatoms. The van der Waals surface area contributed by atoms with Crippen LogP contribution in [-0.4, -0.2) is 70.7 Å². The molecule has 39 heavy (non-hydrogen) atoms. The summed E-state index contributed by atoms with van der Waals surface area (Å²) in [5, 5.41) is 0.659. The molecule has 3 fully saturated rings. The average molecular weight is 558 g/mol. The van der Waals surface area contributed by atoms with Gasteiger partial charge in [0.15, 0.2) is 0 Å². The average Bonchev–Trinajstić information content (AvgIpc) is 3.52. The van der Waals surface area contributed by atoms with Crippen LogP contribution in [0, 0.1) is 22.7 Å².